The Bertz CT molecular complexity index is 487. The zero-order valence-electron chi connectivity index (χ0n) is 8.93. The highest BCUT2D eigenvalue weighted by molar-refractivity contribution is 9.10. The summed E-state index contributed by atoms with van der Waals surface area (Å²) in [6.07, 6.45) is 0. The standard InChI is InChI=1S/C9H11BrClFN2O2S/c1-13-2-3-14-17(15,16)9-7(10)4-6(12)5-8(9)11/h4-5,13-14H,2-3H2,1H3. The quantitative estimate of drug-likeness (QED) is 0.799. The van der Waals surface area contributed by atoms with Crippen LogP contribution in [0.5, 0.6) is 0 Å². The Morgan fingerprint density at radius 1 is 1.41 bits per heavy atom. The highest BCUT2D eigenvalue weighted by Gasteiger charge is 2.21. The van der Waals surface area contributed by atoms with Gasteiger partial charge in [0.2, 0.25) is 10.0 Å². The van der Waals surface area contributed by atoms with Crippen molar-refractivity contribution >= 4 is 37.6 Å². The molecule has 1 aromatic carbocycles. The predicted octanol–water partition coefficient (Wildman–Crippen LogP) is 1.74. The van der Waals surface area contributed by atoms with Gasteiger partial charge < -0.3 is 5.32 Å². The van der Waals surface area contributed by atoms with Crippen LogP contribution >= 0.6 is 27.5 Å². The molecule has 0 fully saturated rings. The lowest BCUT2D eigenvalue weighted by Gasteiger charge is -2.10. The number of hydrogen-bond donors (Lipinski definition) is 2. The Hall–Kier alpha value is -0.210. The first kappa shape index (κ1) is 14.8. The summed E-state index contributed by atoms with van der Waals surface area (Å²) in [5.74, 6) is -0.601. The fourth-order valence-electron chi connectivity index (χ4n) is 1.17. The fourth-order valence-corrected chi connectivity index (χ4v) is 4.01. The van der Waals surface area contributed by atoms with Crippen LogP contribution in [0.2, 0.25) is 5.02 Å². The molecular formula is C9H11BrClFN2O2S. The van der Waals surface area contributed by atoms with Crippen LogP contribution < -0.4 is 10.0 Å². The summed E-state index contributed by atoms with van der Waals surface area (Å²) in [6, 6.07) is 2.01. The lowest BCUT2D eigenvalue weighted by molar-refractivity contribution is 0.578. The van der Waals surface area contributed by atoms with Crippen molar-refractivity contribution in [3.8, 4) is 0 Å². The van der Waals surface area contributed by atoms with E-state index in [-0.39, 0.29) is 20.9 Å². The molecule has 0 aromatic heterocycles. The van der Waals surface area contributed by atoms with E-state index in [1.807, 2.05) is 0 Å². The largest absolute Gasteiger partial charge is 0.318 e. The van der Waals surface area contributed by atoms with E-state index < -0.39 is 15.8 Å². The number of nitrogens with one attached hydrogen (secondary N) is 2. The van der Waals surface area contributed by atoms with Gasteiger partial charge >= 0.3 is 0 Å². The molecule has 4 nitrogen and oxygen atoms in total. The second-order valence-electron chi connectivity index (χ2n) is 3.20. The molecule has 0 unspecified atom stereocenters. The van der Waals surface area contributed by atoms with Gasteiger partial charge in [-0.25, -0.2) is 17.5 Å². The molecule has 2 N–H and O–H groups in total. The molecule has 0 heterocycles. The summed E-state index contributed by atoms with van der Waals surface area (Å²) >= 11 is 8.71. The molecule has 0 aliphatic heterocycles. The lowest BCUT2D eigenvalue weighted by atomic mass is 10.3. The first-order valence-corrected chi connectivity index (χ1v) is 7.32. The average Bonchev–Trinajstić information content (AvgIpc) is 2.15. The third-order valence-electron chi connectivity index (χ3n) is 1.90. The van der Waals surface area contributed by atoms with Gasteiger partial charge in [0.15, 0.2) is 0 Å². The van der Waals surface area contributed by atoms with Gasteiger partial charge in [0, 0.05) is 17.6 Å². The fraction of sp³-hybridized carbons (Fsp3) is 0.333. The van der Waals surface area contributed by atoms with Gasteiger partial charge in [-0.2, -0.15) is 0 Å². The maximum absolute atomic E-state index is 13.0. The molecule has 0 atom stereocenters. The minimum absolute atomic E-state index is 0.0967. The summed E-state index contributed by atoms with van der Waals surface area (Å²) in [6.45, 7) is 0.703. The first-order chi connectivity index (χ1) is 7.88. The number of halogens is 3. The third-order valence-corrected chi connectivity index (χ3v) is 4.76. The smallest absolute Gasteiger partial charge is 0.243 e. The van der Waals surface area contributed by atoms with Crippen LogP contribution in [0.15, 0.2) is 21.5 Å². The summed E-state index contributed by atoms with van der Waals surface area (Å²) in [7, 11) is -2.04. The molecule has 17 heavy (non-hydrogen) atoms. The number of rotatable bonds is 5. The molecule has 0 saturated carbocycles. The van der Waals surface area contributed by atoms with Crippen molar-refractivity contribution in [1.29, 1.82) is 0 Å². The molecule has 0 radical (unpaired) electrons. The van der Waals surface area contributed by atoms with E-state index in [0.29, 0.717) is 6.54 Å². The maximum Gasteiger partial charge on any atom is 0.243 e. The van der Waals surface area contributed by atoms with Crippen molar-refractivity contribution < 1.29 is 12.8 Å². The Balaban J connectivity index is 3.07. The maximum atomic E-state index is 13.0. The van der Waals surface area contributed by atoms with Gasteiger partial charge in [0.25, 0.3) is 0 Å². The zero-order valence-corrected chi connectivity index (χ0v) is 12.1. The van der Waals surface area contributed by atoms with Crippen LogP contribution in [-0.4, -0.2) is 28.6 Å². The third kappa shape index (κ3) is 3.89. The molecule has 0 spiro atoms. The molecule has 0 bridgehead atoms. The minimum Gasteiger partial charge on any atom is -0.318 e. The van der Waals surface area contributed by atoms with Crippen LogP contribution in [0, 0.1) is 5.82 Å². The van der Waals surface area contributed by atoms with E-state index in [0.717, 1.165) is 12.1 Å². The van der Waals surface area contributed by atoms with Crippen molar-refractivity contribution in [2.75, 3.05) is 20.1 Å². The molecule has 8 heteroatoms. The van der Waals surface area contributed by atoms with Gasteiger partial charge in [0.1, 0.15) is 10.7 Å². The molecule has 1 aromatic rings. The van der Waals surface area contributed by atoms with E-state index in [4.69, 9.17) is 11.6 Å². The van der Waals surface area contributed by atoms with Crippen LogP contribution in [0.25, 0.3) is 0 Å². The number of benzene rings is 1. The monoisotopic (exact) mass is 344 g/mol. The average molecular weight is 346 g/mol. The topological polar surface area (TPSA) is 58.2 Å². The van der Waals surface area contributed by atoms with Crippen LogP contribution in [0.3, 0.4) is 0 Å². The summed E-state index contributed by atoms with van der Waals surface area (Å²) in [4.78, 5) is -0.156. The molecule has 1 rings (SSSR count). The van der Waals surface area contributed by atoms with Crippen LogP contribution in [0.1, 0.15) is 0 Å². The number of hydrogen-bond acceptors (Lipinski definition) is 3. The normalized spacial score (nSPS) is 11.8. The van der Waals surface area contributed by atoms with E-state index in [9.17, 15) is 12.8 Å². The van der Waals surface area contributed by atoms with Gasteiger partial charge in [-0.1, -0.05) is 11.6 Å². The summed E-state index contributed by atoms with van der Waals surface area (Å²) in [5, 5.41) is 2.64. The van der Waals surface area contributed by atoms with E-state index in [2.05, 4.69) is 26.0 Å². The zero-order chi connectivity index (χ0) is 13.1. The van der Waals surface area contributed by atoms with Crippen molar-refractivity contribution in [3.05, 3.63) is 27.4 Å². The summed E-state index contributed by atoms with van der Waals surface area (Å²) in [5.41, 5.74) is 0. The SMILES string of the molecule is CNCCNS(=O)(=O)c1c(Cl)cc(F)cc1Br. The van der Waals surface area contributed by atoms with Crippen molar-refractivity contribution in [1.82, 2.24) is 10.0 Å². The van der Waals surface area contributed by atoms with Crippen LogP contribution in [0.4, 0.5) is 4.39 Å². The second kappa shape index (κ2) is 6.10. The van der Waals surface area contributed by atoms with Gasteiger partial charge in [-0.3, -0.25) is 0 Å². The summed E-state index contributed by atoms with van der Waals surface area (Å²) < 4.78 is 39.2. The second-order valence-corrected chi connectivity index (χ2v) is 6.17. The first-order valence-electron chi connectivity index (χ1n) is 4.67. The van der Waals surface area contributed by atoms with Crippen LogP contribution in [-0.2, 0) is 10.0 Å². The Labute approximate surface area is 113 Å². The van der Waals surface area contributed by atoms with E-state index in [1.165, 1.54) is 0 Å². The molecule has 0 aliphatic carbocycles. The predicted molar refractivity (Wildman–Crippen MR) is 68.2 cm³/mol. The van der Waals surface area contributed by atoms with E-state index in [1.54, 1.807) is 7.05 Å². The highest BCUT2D eigenvalue weighted by Crippen LogP contribution is 2.30. The van der Waals surface area contributed by atoms with Gasteiger partial charge in [-0.05, 0) is 35.1 Å². The van der Waals surface area contributed by atoms with Crippen molar-refractivity contribution in [3.63, 3.8) is 0 Å². The van der Waals surface area contributed by atoms with Crippen molar-refractivity contribution in [2.45, 2.75) is 4.90 Å². The molecule has 0 amide bonds. The molecule has 96 valence electrons. The highest BCUT2D eigenvalue weighted by atomic mass is 79.9. The van der Waals surface area contributed by atoms with Gasteiger partial charge in [-0.15, -0.1) is 0 Å². The van der Waals surface area contributed by atoms with E-state index >= 15 is 0 Å². The number of likely N-dealkylation sites (N-methyl/N-ethyl adjacent to an activating group) is 1. The van der Waals surface area contributed by atoms with Gasteiger partial charge in [0.05, 0.1) is 5.02 Å². The molecular weight excluding hydrogens is 335 g/mol. The Morgan fingerprint density at radius 2 is 2.06 bits per heavy atom. The minimum atomic E-state index is -3.75. The Kier molecular flexibility index (Phi) is 5.33. The van der Waals surface area contributed by atoms with Crippen molar-refractivity contribution in [2.24, 2.45) is 0 Å². The Morgan fingerprint density at radius 3 is 2.59 bits per heavy atom. The lowest BCUT2D eigenvalue weighted by Crippen LogP contribution is -2.30. The molecule has 0 aliphatic rings. The number of sulfonamides is 1. The molecule has 0 saturated heterocycles.